The van der Waals surface area contributed by atoms with Gasteiger partial charge in [-0.05, 0) is 25.0 Å². The number of hydrogen-bond donors (Lipinski definition) is 0. The summed E-state index contributed by atoms with van der Waals surface area (Å²) in [5, 5.41) is 0. The fourth-order valence-electron chi connectivity index (χ4n) is 2.25. The Morgan fingerprint density at radius 3 is 3.05 bits per heavy atom. The summed E-state index contributed by atoms with van der Waals surface area (Å²) in [6, 6.07) is 9.34. The molecule has 3 rings (SSSR count). The van der Waals surface area contributed by atoms with Crippen LogP contribution < -0.4 is 10.3 Å². The van der Waals surface area contributed by atoms with Crippen molar-refractivity contribution in [2.75, 3.05) is 0 Å². The summed E-state index contributed by atoms with van der Waals surface area (Å²) in [5.74, 6) is 0.798. The third kappa shape index (κ3) is 2.94. The molecule has 0 saturated carbocycles. The van der Waals surface area contributed by atoms with E-state index in [1.807, 2.05) is 37.3 Å². The Morgan fingerprint density at radius 1 is 1.41 bits per heavy atom. The molecule has 22 heavy (non-hydrogen) atoms. The number of thiazole rings is 1. The van der Waals surface area contributed by atoms with E-state index in [0.717, 1.165) is 22.6 Å². The molecule has 0 radical (unpaired) electrons. The zero-order chi connectivity index (χ0) is 15.5. The lowest BCUT2D eigenvalue weighted by Crippen LogP contribution is -2.14. The average Bonchev–Trinajstić information content (AvgIpc) is 2.88. The van der Waals surface area contributed by atoms with Crippen LogP contribution in [0.5, 0.6) is 5.75 Å². The Bertz CT molecular complexity index is 880. The van der Waals surface area contributed by atoms with Gasteiger partial charge in [-0.15, -0.1) is 17.9 Å². The lowest BCUT2D eigenvalue weighted by Gasteiger charge is -2.09. The third-order valence-corrected chi connectivity index (χ3v) is 4.15. The summed E-state index contributed by atoms with van der Waals surface area (Å²) in [6.07, 6.45) is 4.39. The van der Waals surface area contributed by atoms with Crippen LogP contribution in [0.3, 0.4) is 0 Å². The monoisotopic (exact) mass is 312 g/mol. The van der Waals surface area contributed by atoms with E-state index in [9.17, 15) is 4.79 Å². The number of rotatable bonds is 5. The summed E-state index contributed by atoms with van der Waals surface area (Å²) in [4.78, 5) is 18.3. The number of nitrogens with zero attached hydrogens (tertiary/aromatic N) is 2. The normalized spacial score (nSPS) is 10.8. The lowest BCUT2D eigenvalue weighted by molar-refractivity contribution is 0.298. The Morgan fingerprint density at radius 2 is 2.23 bits per heavy atom. The molecule has 0 spiro atoms. The van der Waals surface area contributed by atoms with E-state index in [0.29, 0.717) is 10.7 Å². The van der Waals surface area contributed by atoms with Crippen molar-refractivity contribution in [3.05, 3.63) is 75.7 Å². The van der Waals surface area contributed by atoms with Gasteiger partial charge in [-0.25, -0.2) is 4.98 Å². The molecule has 0 saturated heterocycles. The van der Waals surface area contributed by atoms with Gasteiger partial charge in [-0.3, -0.25) is 9.20 Å². The van der Waals surface area contributed by atoms with Gasteiger partial charge in [0.25, 0.3) is 5.56 Å². The maximum absolute atomic E-state index is 12.1. The van der Waals surface area contributed by atoms with Gasteiger partial charge in [0.1, 0.15) is 12.4 Å². The third-order valence-electron chi connectivity index (χ3n) is 3.25. The van der Waals surface area contributed by atoms with Gasteiger partial charge < -0.3 is 4.74 Å². The number of ether oxygens (including phenoxy) is 1. The van der Waals surface area contributed by atoms with Crippen LogP contribution in [0.25, 0.3) is 4.96 Å². The molecule has 5 heteroatoms. The van der Waals surface area contributed by atoms with Crippen LogP contribution in [-0.4, -0.2) is 9.38 Å². The number of aromatic nitrogens is 2. The lowest BCUT2D eigenvalue weighted by atomic mass is 10.1. The van der Waals surface area contributed by atoms with Crippen LogP contribution >= 0.6 is 11.3 Å². The van der Waals surface area contributed by atoms with Gasteiger partial charge >= 0.3 is 0 Å². The smallest absolute Gasteiger partial charge is 0.258 e. The number of fused-ring (bicyclic) bond motifs is 1. The van der Waals surface area contributed by atoms with E-state index in [4.69, 9.17) is 4.74 Å². The van der Waals surface area contributed by atoms with Crippen LogP contribution in [-0.2, 0) is 13.0 Å². The maximum Gasteiger partial charge on any atom is 0.258 e. The van der Waals surface area contributed by atoms with Crippen molar-refractivity contribution in [3.8, 4) is 5.75 Å². The number of allylic oxidation sites excluding steroid dienone is 1. The Hall–Kier alpha value is -2.40. The zero-order valence-corrected chi connectivity index (χ0v) is 13.1. The molecule has 0 bridgehead atoms. The van der Waals surface area contributed by atoms with Crippen LogP contribution in [0.15, 0.2) is 54.0 Å². The summed E-state index contributed by atoms with van der Waals surface area (Å²) in [7, 11) is 0. The molecule has 0 amide bonds. The van der Waals surface area contributed by atoms with Crippen LogP contribution in [0.4, 0.5) is 0 Å². The van der Waals surface area contributed by atoms with Crippen molar-refractivity contribution in [2.24, 2.45) is 0 Å². The van der Waals surface area contributed by atoms with Crippen molar-refractivity contribution in [3.63, 3.8) is 0 Å². The topological polar surface area (TPSA) is 43.6 Å². The van der Waals surface area contributed by atoms with Gasteiger partial charge in [0.05, 0.1) is 5.69 Å². The SMILES string of the molecule is C=CCc1ccccc1OCc1cc(=O)n2cc(C)sc2n1. The summed E-state index contributed by atoms with van der Waals surface area (Å²) >= 11 is 1.50. The summed E-state index contributed by atoms with van der Waals surface area (Å²) < 4.78 is 7.40. The second-order valence-electron chi connectivity index (χ2n) is 4.97. The fraction of sp³-hybridized carbons (Fsp3) is 0.176. The van der Waals surface area contributed by atoms with E-state index in [1.165, 1.54) is 17.4 Å². The Balaban J connectivity index is 1.85. The van der Waals surface area contributed by atoms with Crippen molar-refractivity contribution in [1.82, 2.24) is 9.38 Å². The van der Waals surface area contributed by atoms with Gasteiger partial charge in [-0.2, -0.15) is 0 Å². The van der Waals surface area contributed by atoms with E-state index in [1.54, 1.807) is 10.6 Å². The minimum atomic E-state index is -0.0765. The van der Waals surface area contributed by atoms with Crippen molar-refractivity contribution < 1.29 is 4.74 Å². The second-order valence-corrected chi connectivity index (χ2v) is 6.18. The maximum atomic E-state index is 12.1. The van der Waals surface area contributed by atoms with Gasteiger partial charge in [0, 0.05) is 17.1 Å². The molecule has 0 aliphatic rings. The first kappa shape index (κ1) is 14.5. The predicted molar refractivity (Wildman–Crippen MR) is 88.8 cm³/mol. The minimum Gasteiger partial charge on any atom is -0.487 e. The second kappa shape index (κ2) is 6.15. The highest BCUT2D eigenvalue weighted by Gasteiger charge is 2.07. The molecule has 2 aromatic heterocycles. The average molecular weight is 312 g/mol. The van der Waals surface area contributed by atoms with Crippen LogP contribution in [0, 0.1) is 6.92 Å². The van der Waals surface area contributed by atoms with Crippen molar-refractivity contribution in [2.45, 2.75) is 20.0 Å². The molecule has 0 fully saturated rings. The molecular formula is C17H16N2O2S. The molecule has 4 nitrogen and oxygen atoms in total. The zero-order valence-electron chi connectivity index (χ0n) is 12.3. The standard InChI is InChI=1S/C17H16N2O2S/c1-3-6-13-7-4-5-8-15(13)21-11-14-9-16(20)19-10-12(2)22-17(19)18-14/h3-5,7-10H,1,6,11H2,2H3. The molecule has 0 aliphatic heterocycles. The Labute approximate surface area is 132 Å². The van der Waals surface area contributed by atoms with E-state index in [-0.39, 0.29) is 12.2 Å². The molecule has 0 N–H and O–H groups in total. The van der Waals surface area contributed by atoms with E-state index < -0.39 is 0 Å². The highest BCUT2D eigenvalue weighted by molar-refractivity contribution is 7.16. The highest BCUT2D eigenvalue weighted by Crippen LogP contribution is 2.20. The van der Waals surface area contributed by atoms with Crippen LogP contribution in [0.1, 0.15) is 16.1 Å². The molecule has 0 unspecified atom stereocenters. The van der Waals surface area contributed by atoms with Gasteiger partial charge in [0.2, 0.25) is 0 Å². The number of aryl methyl sites for hydroxylation is 1. The quantitative estimate of drug-likeness (QED) is 0.678. The minimum absolute atomic E-state index is 0.0765. The summed E-state index contributed by atoms with van der Waals surface area (Å²) in [5.41, 5.74) is 1.63. The fourth-order valence-corrected chi connectivity index (χ4v) is 3.10. The first-order chi connectivity index (χ1) is 10.7. The molecular weight excluding hydrogens is 296 g/mol. The van der Waals surface area contributed by atoms with Crippen LogP contribution in [0.2, 0.25) is 0 Å². The predicted octanol–water partition coefficient (Wildman–Crippen LogP) is 3.37. The molecule has 112 valence electrons. The molecule has 0 atom stereocenters. The molecule has 3 aromatic rings. The van der Waals surface area contributed by atoms with E-state index in [2.05, 4.69) is 11.6 Å². The van der Waals surface area contributed by atoms with Crippen molar-refractivity contribution in [1.29, 1.82) is 0 Å². The van der Waals surface area contributed by atoms with Gasteiger partial charge in [-0.1, -0.05) is 24.3 Å². The number of para-hydroxylation sites is 1. The first-order valence-corrected chi connectivity index (χ1v) is 7.79. The van der Waals surface area contributed by atoms with E-state index >= 15 is 0 Å². The largest absolute Gasteiger partial charge is 0.487 e. The number of hydrogen-bond acceptors (Lipinski definition) is 4. The molecule has 0 aliphatic carbocycles. The highest BCUT2D eigenvalue weighted by atomic mass is 32.1. The summed E-state index contributed by atoms with van der Waals surface area (Å²) in [6.45, 7) is 5.99. The molecule has 2 heterocycles. The van der Waals surface area contributed by atoms with Gasteiger partial charge in [0.15, 0.2) is 4.96 Å². The first-order valence-electron chi connectivity index (χ1n) is 6.97. The number of benzene rings is 1. The molecule has 1 aromatic carbocycles. The van der Waals surface area contributed by atoms with Crippen molar-refractivity contribution >= 4 is 16.3 Å². The Kier molecular flexibility index (Phi) is 4.06.